The summed E-state index contributed by atoms with van der Waals surface area (Å²) in [5.41, 5.74) is 5.49. The number of aliphatic hydroxyl groups excluding tert-OH is 1. The van der Waals surface area contributed by atoms with Gasteiger partial charge in [-0.3, -0.25) is 14.3 Å². The van der Waals surface area contributed by atoms with Gasteiger partial charge in [0.1, 0.15) is 6.54 Å². The van der Waals surface area contributed by atoms with Crippen LogP contribution in [0.5, 0.6) is 0 Å². The third-order valence-electron chi connectivity index (χ3n) is 1.80. The molecule has 2 amide bonds. The number of amides is 2. The number of aliphatic hydroxyl groups is 1. The van der Waals surface area contributed by atoms with Gasteiger partial charge < -0.3 is 16.2 Å². The molecule has 0 atom stereocenters. The number of anilines is 1. The highest BCUT2D eigenvalue weighted by molar-refractivity contribution is 5.90. The zero-order valence-electron chi connectivity index (χ0n) is 8.72. The van der Waals surface area contributed by atoms with Gasteiger partial charge in [-0.05, 0) is 6.42 Å². The van der Waals surface area contributed by atoms with Crippen molar-refractivity contribution in [3.05, 3.63) is 12.4 Å². The Morgan fingerprint density at radius 3 is 2.94 bits per heavy atom. The first-order chi connectivity index (χ1) is 7.61. The molecule has 0 unspecified atom stereocenters. The Balaban J connectivity index is 2.45. The molecule has 7 nitrogen and oxygen atoms in total. The Morgan fingerprint density at radius 2 is 2.31 bits per heavy atom. The van der Waals surface area contributed by atoms with Crippen LogP contribution in [0.2, 0.25) is 0 Å². The van der Waals surface area contributed by atoms with Crippen molar-refractivity contribution in [3.63, 3.8) is 0 Å². The van der Waals surface area contributed by atoms with Gasteiger partial charge in [-0.2, -0.15) is 5.10 Å². The normalized spacial score (nSPS) is 10.1. The van der Waals surface area contributed by atoms with E-state index in [0.717, 1.165) is 0 Å². The molecule has 0 saturated carbocycles. The second-order valence-electron chi connectivity index (χ2n) is 3.27. The van der Waals surface area contributed by atoms with Gasteiger partial charge in [-0.15, -0.1) is 0 Å². The summed E-state index contributed by atoms with van der Waals surface area (Å²) in [6.45, 7) is -0.0408. The smallest absolute Gasteiger partial charge is 0.239 e. The molecule has 0 aromatic carbocycles. The van der Waals surface area contributed by atoms with Crippen molar-refractivity contribution < 1.29 is 14.7 Å². The molecule has 4 N–H and O–H groups in total. The lowest BCUT2D eigenvalue weighted by molar-refractivity contribution is -0.118. The Labute approximate surface area is 92.2 Å². The van der Waals surface area contributed by atoms with Crippen LogP contribution in [0.1, 0.15) is 12.8 Å². The largest absolute Gasteiger partial charge is 0.396 e. The molecule has 1 heterocycles. The monoisotopic (exact) mass is 226 g/mol. The van der Waals surface area contributed by atoms with E-state index in [4.69, 9.17) is 10.8 Å². The van der Waals surface area contributed by atoms with Gasteiger partial charge >= 0.3 is 0 Å². The lowest BCUT2D eigenvalue weighted by Crippen LogP contribution is -2.18. The molecule has 0 radical (unpaired) electrons. The van der Waals surface area contributed by atoms with E-state index < -0.39 is 5.91 Å². The SMILES string of the molecule is NC(=O)Cn1cc(NC(=O)CCCO)cn1. The highest BCUT2D eigenvalue weighted by atomic mass is 16.3. The van der Waals surface area contributed by atoms with Gasteiger partial charge in [0.25, 0.3) is 0 Å². The van der Waals surface area contributed by atoms with Crippen molar-refractivity contribution in [3.8, 4) is 0 Å². The van der Waals surface area contributed by atoms with Crippen LogP contribution in [-0.4, -0.2) is 33.3 Å². The van der Waals surface area contributed by atoms with Crippen LogP contribution in [-0.2, 0) is 16.1 Å². The minimum Gasteiger partial charge on any atom is -0.396 e. The second kappa shape index (κ2) is 5.86. The molecule has 1 rings (SSSR count). The van der Waals surface area contributed by atoms with E-state index in [1.54, 1.807) is 0 Å². The Hall–Kier alpha value is -1.89. The Bertz CT molecular complexity index is 375. The van der Waals surface area contributed by atoms with E-state index in [1.165, 1.54) is 17.1 Å². The number of nitrogens with one attached hydrogen (secondary N) is 1. The van der Waals surface area contributed by atoms with Gasteiger partial charge in [0.05, 0.1) is 11.9 Å². The number of primary amides is 1. The maximum atomic E-state index is 11.3. The molecule has 1 aromatic rings. The maximum Gasteiger partial charge on any atom is 0.239 e. The summed E-state index contributed by atoms with van der Waals surface area (Å²) in [7, 11) is 0. The molecule has 1 aromatic heterocycles. The lowest BCUT2D eigenvalue weighted by atomic mass is 10.3. The third kappa shape index (κ3) is 4.09. The predicted molar refractivity (Wildman–Crippen MR) is 56.4 cm³/mol. The Morgan fingerprint density at radius 1 is 1.56 bits per heavy atom. The molecule has 0 spiro atoms. The molecular formula is C9H14N4O3. The Kier molecular flexibility index (Phi) is 4.46. The van der Waals surface area contributed by atoms with E-state index in [0.29, 0.717) is 12.1 Å². The average Bonchev–Trinajstić information content (AvgIpc) is 2.61. The molecule has 88 valence electrons. The number of aromatic nitrogens is 2. The standard InChI is InChI=1S/C9H14N4O3/c10-8(15)6-13-5-7(4-11-13)12-9(16)2-1-3-14/h4-5,14H,1-3,6H2,(H2,10,15)(H,12,16). The van der Waals surface area contributed by atoms with Gasteiger partial charge in [-0.25, -0.2) is 0 Å². The summed E-state index contributed by atoms with van der Waals surface area (Å²) in [5, 5.41) is 15.0. The predicted octanol–water partition coefficient (Wildman–Crippen LogP) is -0.921. The van der Waals surface area contributed by atoms with Crippen molar-refractivity contribution in [2.45, 2.75) is 19.4 Å². The number of hydrogen-bond donors (Lipinski definition) is 3. The minimum atomic E-state index is -0.499. The summed E-state index contributed by atoms with van der Waals surface area (Å²) in [4.78, 5) is 21.8. The third-order valence-corrected chi connectivity index (χ3v) is 1.80. The molecule has 16 heavy (non-hydrogen) atoms. The summed E-state index contributed by atoms with van der Waals surface area (Å²) in [6.07, 6.45) is 3.61. The maximum absolute atomic E-state index is 11.3. The van der Waals surface area contributed by atoms with Crippen molar-refractivity contribution in [2.24, 2.45) is 5.73 Å². The fourth-order valence-corrected chi connectivity index (χ4v) is 1.14. The van der Waals surface area contributed by atoms with Gasteiger partial charge in [-0.1, -0.05) is 0 Å². The number of hydrogen-bond acceptors (Lipinski definition) is 4. The van der Waals surface area contributed by atoms with Crippen LogP contribution in [0, 0.1) is 0 Å². The first kappa shape index (κ1) is 12.2. The quantitative estimate of drug-likeness (QED) is 0.582. The molecule has 0 saturated heterocycles. The van der Waals surface area contributed by atoms with Crippen molar-refractivity contribution in [1.82, 2.24) is 9.78 Å². The summed E-state index contributed by atoms with van der Waals surface area (Å²) in [6, 6.07) is 0. The number of carbonyl (C=O) groups is 2. The first-order valence-electron chi connectivity index (χ1n) is 4.83. The van der Waals surface area contributed by atoms with Crippen LogP contribution in [0.25, 0.3) is 0 Å². The molecular weight excluding hydrogens is 212 g/mol. The summed E-state index contributed by atoms with van der Waals surface area (Å²) < 4.78 is 1.34. The fourth-order valence-electron chi connectivity index (χ4n) is 1.14. The molecule has 0 fully saturated rings. The fraction of sp³-hybridized carbons (Fsp3) is 0.444. The molecule has 0 bridgehead atoms. The van der Waals surface area contributed by atoms with Gasteiger partial charge in [0, 0.05) is 19.2 Å². The van der Waals surface area contributed by atoms with E-state index in [1.807, 2.05) is 0 Å². The molecule has 7 heteroatoms. The van der Waals surface area contributed by atoms with Crippen LogP contribution >= 0.6 is 0 Å². The summed E-state index contributed by atoms with van der Waals surface area (Å²) in [5.74, 6) is -0.700. The van der Waals surface area contributed by atoms with Crippen LogP contribution in [0.15, 0.2) is 12.4 Å². The van der Waals surface area contributed by atoms with E-state index in [-0.39, 0.29) is 25.5 Å². The first-order valence-corrected chi connectivity index (χ1v) is 4.83. The highest BCUT2D eigenvalue weighted by Crippen LogP contribution is 2.05. The lowest BCUT2D eigenvalue weighted by Gasteiger charge is -2.00. The van der Waals surface area contributed by atoms with E-state index in [9.17, 15) is 9.59 Å². The molecule has 0 aliphatic carbocycles. The number of carbonyl (C=O) groups excluding carboxylic acids is 2. The second-order valence-corrected chi connectivity index (χ2v) is 3.27. The number of nitrogens with zero attached hydrogens (tertiary/aromatic N) is 2. The number of rotatable bonds is 6. The van der Waals surface area contributed by atoms with Gasteiger partial charge in [0.2, 0.25) is 11.8 Å². The summed E-state index contributed by atoms with van der Waals surface area (Å²) >= 11 is 0. The number of nitrogens with two attached hydrogens (primary N) is 1. The van der Waals surface area contributed by atoms with Crippen LogP contribution < -0.4 is 11.1 Å². The zero-order chi connectivity index (χ0) is 12.0. The molecule has 0 aliphatic heterocycles. The minimum absolute atomic E-state index is 0.0195. The average molecular weight is 226 g/mol. The van der Waals surface area contributed by atoms with Gasteiger partial charge in [0.15, 0.2) is 0 Å². The zero-order valence-corrected chi connectivity index (χ0v) is 8.72. The van der Waals surface area contributed by atoms with E-state index in [2.05, 4.69) is 10.4 Å². The molecule has 0 aliphatic rings. The highest BCUT2D eigenvalue weighted by Gasteiger charge is 2.05. The van der Waals surface area contributed by atoms with E-state index >= 15 is 0 Å². The topological polar surface area (TPSA) is 110 Å². The van der Waals surface area contributed by atoms with Crippen molar-refractivity contribution in [2.75, 3.05) is 11.9 Å². The van der Waals surface area contributed by atoms with Crippen LogP contribution in [0.4, 0.5) is 5.69 Å². The van der Waals surface area contributed by atoms with Crippen molar-refractivity contribution >= 4 is 17.5 Å². The van der Waals surface area contributed by atoms with Crippen molar-refractivity contribution in [1.29, 1.82) is 0 Å². The van der Waals surface area contributed by atoms with Crippen LogP contribution in [0.3, 0.4) is 0 Å².